The van der Waals surface area contributed by atoms with Gasteiger partial charge in [0.1, 0.15) is 5.82 Å². The summed E-state index contributed by atoms with van der Waals surface area (Å²) in [6, 6.07) is 12.4. The molecule has 0 bridgehead atoms. The van der Waals surface area contributed by atoms with Crippen molar-refractivity contribution < 1.29 is 13.9 Å². The first-order valence-electron chi connectivity index (χ1n) is 5.49. The summed E-state index contributed by atoms with van der Waals surface area (Å²) >= 11 is 0. The maximum atomic E-state index is 13.6. The van der Waals surface area contributed by atoms with Crippen LogP contribution >= 0.6 is 8.58 Å². The molecule has 0 aliphatic heterocycles. The third kappa shape index (κ3) is 2.62. The van der Waals surface area contributed by atoms with Gasteiger partial charge in [-0.25, -0.2) is 4.39 Å². The summed E-state index contributed by atoms with van der Waals surface area (Å²) in [7, 11) is 3.38. The van der Waals surface area contributed by atoms with Crippen molar-refractivity contribution in [3.05, 3.63) is 48.3 Å². The third-order valence-electron chi connectivity index (χ3n) is 2.55. The maximum absolute atomic E-state index is 13.6. The highest BCUT2D eigenvalue weighted by Crippen LogP contribution is 2.29. The van der Waals surface area contributed by atoms with Gasteiger partial charge in [-0.1, -0.05) is 38.9 Å². The van der Waals surface area contributed by atoms with Crippen LogP contribution in [0.5, 0.6) is 11.5 Å². The normalized spacial score (nSPS) is 10.8. The fraction of sp³-hybridized carbons (Fsp3) is 0.143. The second kappa shape index (κ2) is 5.83. The largest absolute Gasteiger partial charge is 0.493 e. The van der Waals surface area contributed by atoms with Crippen LogP contribution in [0.15, 0.2) is 42.5 Å². The minimum atomic E-state index is -0.194. The van der Waals surface area contributed by atoms with Crippen molar-refractivity contribution >= 4 is 19.2 Å². The predicted octanol–water partition coefficient (Wildman–Crippen LogP) is 2.47. The van der Waals surface area contributed by atoms with E-state index in [9.17, 15) is 4.39 Å². The molecule has 2 aromatic rings. The van der Waals surface area contributed by atoms with Gasteiger partial charge < -0.3 is 9.47 Å². The molecule has 0 fully saturated rings. The van der Waals surface area contributed by atoms with Gasteiger partial charge in [0.15, 0.2) is 11.5 Å². The Morgan fingerprint density at radius 1 is 0.889 bits per heavy atom. The monoisotopic (exact) mass is 264 g/mol. The third-order valence-corrected chi connectivity index (χ3v) is 3.88. The van der Waals surface area contributed by atoms with E-state index in [0.717, 1.165) is 5.30 Å². The van der Waals surface area contributed by atoms with Crippen LogP contribution in [0.25, 0.3) is 0 Å². The van der Waals surface area contributed by atoms with Crippen molar-refractivity contribution in [1.29, 1.82) is 0 Å². The number of hydrogen-bond donors (Lipinski definition) is 0. The Bertz CT molecular complexity index is 543. The van der Waals surface area contributed by atoms with E-state index in [-0.39, 0.29) is 14.4 Å². The molecule has 2 aromatic carbocycles. The maximum Gasteiger partial charge on any atom is 0.168 e. The fourth-order valence-corrected chi connectivity index (χ4v) is 2.88. The number of halogens is 1. The average molecular weight is 264 g/mol. The van der Waals surface area contributed by atoms with Gasteiger partial charge in [-0.2, -0.15) is 0 Å². The van der Waals surface area contributed by atoms with Crippen molar-refractivity contribution in [1.82, 2.24) is 0 Å². The smallest absolute Gasteiger partial charge is 0.168 e. The number of hydrogen-bond acceptors (Lipinski definition) is 2. The van der Waals surface area contributed by atoms with Crippen LogP contribution in [0.4, 0.5) is 4.39 Å². The molecule has 1 unspecified atom stereocenters. The minimum absolute atomic E-state index is 0.194. The molecule has 2 nitrogen and oxygen atoms in total. The van der Waals surface area contributed by atoms with E-state index in [4.69, 9.17) is 9.47 Å². The molecule has 4 heteroatoms. The number of benzene rings is 2. The van der Waals surface area contributed by atoms with Crippen molar-refractivity contribution in [2.75, 3.05) is 14.2 Å². The summed E-state index contributed by atoms with van der Waals surface area (Å²) in [5, 5.41) is 1.60. The lowest BCUT2D eigenvalue weighted by Crippen LogP contribution is -2.10. The molecule has 0 saturated heterocycles. The molecule has 2 rings (SSSR count). The van der Waals surface area contributed by atoms with Crippen LogP contribution in [-0.2, 0) is 0 Å². The summed E-state index contributed by atoms with van der Waals surface area (Å²) in [6.45, 7) is 0. The highest BCUT2D eigenvalue weighted by atomic mass is 31.1. The predicted molar refractivity (Wildman–Crippen MR) is 73.5 cm³/mol. The van der Waals surface area contributed by atoms with Gasteiger partial charge in [0, 0.05) is 10.6 Å². The van der Waals surface area contributed by atoms with Gasteiger partial charge >= 0.3 is 0 Å². The van der Waals surface area contributed by atoms with E-state index in [1.54, 1.807) is 26.4 Å². The molecule has 0 saturated carbocycles. The zero-order valence-corrected chi connectivity index (χ0v) is 11.2. The van der Waals surface area contributed by atoms with Crippen LogP contribution in [0.1, 0.15) is 0 Å². The van der Waals surface area contributed by atoms with Crippen molar-refractivity contribution in [2.24, 2.45) is 0 Å². The van der Waals surface area contributed by atoms with Gasteiger partial charge in [-0.3, -0.25) is 0 Å². The van der Waals surface area contributed by atoms with Crippen LogP contribution in [-0.4, -0.2) is 14.2 Å². The number of ether oxygens (including phenoxy) is 2. The Hall–Kier alpha value is -1.60. The Kier molecular flexibility index (Phi) is 4.16. The quantitative estimate of drug-likeness (QED) is 0.790. The lowest BCUT2D eigenvalue weighted by atomic mass is 10.3. The standard InChI is InChI=1S/C14H14FO2P/c1-16-11-7-5-9-13(14(11)17-2)18-12-8-4-3-6-10(12)15/h3-9,18H,1-2H3. The van der Waals surface area contributed by atoms with E-state index < -0.39 is 0 Å². The Morgan fingerprint density at radius 3 is 2.28 bits per heavy atom. The van der Waals surface area contributed by atoms with Gasteiger partial charge in [-0.05, 0) is 12.1 Å². The van der Waals surface area contributed by atoms with E-state index in [0.29, 0.717) is 16.8 Å². The topological polar surface area (TPSA) is 18.5 Å². The molecule has 0 spiro atoms. The molecule has 0 aromatic heterocycles. The Morgan fingerprint density at radius 2 is 1.61 bits per heavy atom. The minimum Gasteiger partial charge on any atom is -0.493 e. The zero-order chi connectivity index (χ0) is 13.0. The lowest BCUT2D eigenvalue weighted by Gasteiger charge is -2.12. The molecule has 0 radical (unpaired) electrons. The molecule has 1 atom stereocenters. The van der Waals surface area contributed by atoms with E-state index in [1.807, 2.05) is 24.3 Å². The first-order valence-corrected chi connectivity index (χ1v) is 6.49. The molecular formula is C14H14FO2P. The fourth-order valence-electron chi connectivity index (χ4n) is 1.69. The summed E-state index contributed by atoms with van der Waals surface area (Å²) in [4.78, 5) is 0. The summed E-state index contributed by atoms with van der Waals surface area (Å²) in [5.74, 6) is 1.14. The average Bonchev–Trinajstić information content (AvgIpc) is 2.41. The molecular weight excluding hydrogens is 250 g/mol. The highest BCUT2D eigenvalue weighted by Gasteiger charge is 2.11. The van der Waals surface area contributed by atoms with Crippen molar-refractivity contribution in [3.63, 3.8) is 0 Å². The van der Waals surface area contributed by atoms with Gasteiger partial charge in [0.2, 0.25) is 0 Å². The number of rotatable bonds is 4. The molecule has 94 valence electrons. The SMILES string of the molecule is COc1cccc(Pc2ccccc2F)c1OC. The summed E-state index contributed by atoms with van der Waals surface area (Å²) in [5.41, 5.74) is 0. The molecule has 0 heterocycles. The van der Waals surface area contributed by atoms with Gasteiger partial charge in [-0.15, -0.1) is 0 Å². The zero-order valence-electron chi connectivity index (χ0n) is 10.2. The highest BCUT2D eigenvalue weighted by molar-refractivity contribution is 7.55. The van der Waals surface area contributed by atoms with Crippen LogP contribution < -0.4 is 20.1 Å². The van der Waals surface area contributed by atoms with Crippen LogP contribution in [0.2, 0.25) is 0 Å². The molecule has 0 amide bonds. The van der Waals surface area contributed by atoms with Gasteiger partial charge in [0.25, 0.3) is 0 Å². The second-order valence-electron chi connectivity index (χ2n) is 3.65. The van der Waals surface area contributed by atoms with Crippen LogP contribution in [0, 0.1) is 5.82 Å². The molecule has 18 heavy (non-hydrogen) atoms. The van der Waals surface area contributed by atoms with Crippen molar-refractivity contribution in [2.45, 2.75) is 0 Å². The first-order chi connectivity index (χ1) is 8.76. The first kappa shape index (κ1) is 12.8. The Labute approximate surface area is 108 Å². The second-order valence-corrected chi connectivity index (χ2v) is 4.97. The van der Waals surface area contributed by atoms with Gasteiger partial charge in [0.05, 0.1) is 14.2 Å². The number of methoxy groups -OCH3 is 2. The molecule has 0 N–H and O–H groups in total. The summed E-state index contributed by atoms with van der Waals surface area (Å²) in [6.07, 6.45) is 0. The van der Waals surface area contributed by atoms with E-state index >= 15 is 0 Å². The van der Waals surface area contributed by atoms with Crippen molar-refractivity contribution in [3.8, 4) is 11.5 Å². The number of para-hydroxylation sites is 1. The molecule has 0 aliphatic carbocycles. The van der Waals surface area contributed by atoms with E-state index in [1.165, 1.54) is 6.07 Å². The Balaban J connectivity index is 2.37. The molecule has 0 aliphatic rings. The summed E-state index contributed by atoms with van der Waals surface area (Å²) < 4.78 is 24.2. The lowest BCUT2D eigenvalue weighted by molar-refractivity contribution is 0.357. The van der Waals surface area contributed by atoms with Crippen LogP contribution in [0.3, 0.4) is 0 Å². The van der Waals surface area contributed by atoms with E-state index in [2.05, 4.69) is 0 Å².